The van der Waals surface area contributed by atoms with E-state index in [0.717, 1.165) is 51.0 Å². The van der Waals surface area contributed by atoms with Crippen LogP contribution in [0.1, 0.15) is 51.9 Å². The van der Waals surface area contributed by atoms with Crippen LogP contribution in [0, 0.1) is 0 Å². The van der Waals surface area contributed by atoms with Crippen molar-refractivity contribution in [1.82, 2.24) is 0 Å². The zero-order valence-electron chi connectivity index (χ0n) is 10.7. The first-order chi connectivity index (χ1) is 7.91. The Hall–Kier alpha value is 0.400. The summed E-state index contributed by atoms with van der Waals surface area (Å²) in [6, 6.07) is 0. The van der Waals surface area contributed by atoms with Crippen molar-refractivity contribution in [3.63, 3.8) is 0 Å². The Morgan fingerprint density at radius 1 is 0.688 bits per heavy atom. The first-order valence-electron chi connectivity index (χ1n) is 6.63. The highest BCUT2D eigenvalue weighted by molar-refractivity contribution is 9.09. The normalized spacial score (nSPS) is 10.9. The molecule has 0 aromatic rings. The minimum Gasteiger partial charge on any atom is -0.381 e. The van der Waals surface area contributed by atoms with Crippen molar-refractivity contribution >= 4 is 15.9 Å². The first kappa shape index (κ1) is 16.4. The van der Waals surface area contributed by atoms with E-state index in [0.29, 0.717) is 0 Å². The molecule has 0 aromatic carbocycles. The Bertz CT molecular complexity index is 107. The van der Waals surface area contributed by atoms with Crippen LogP contribution in [0.25, 0.3) is 0 Å². The van der Waals surface area contributed by atoms with E-state index >= 15 is 0 Å². The van der Waals surface area contributed by atoms with Gasteiger partial charge in [-0.3, -0.25) is 0 Å². The van der Waals surface area contributed by atoms with Gasteiger partial charge in [-0.05, 0) is 32.1 Å². The van der Waals surface area contributed by atoms with Crippen molar-refractivity contribution in [2.75, 3.05) is 31.8 Å². The SMILES string of the molecule is CCCOCCCCOCCCCCCBr. The van der Waals surface area contributed by atoms with Crippen LogP contribution in [0.2, 0.25) is 0 Å². The van der Waals surface area contributed by atoms with Gasteiger partial charge in [0.25, 0.3) is 0 Å². The third-order valence-corrected chi connectivity index (χ3v) is 2.91. The molecule has 0 rings (SSSR count). The molecule has 0 fully saturated rings. The third-order valence-electron chi connectivity index (χ3n) is 2.35. The molecule has 16 heavy (non-hydrogen) atoms. The lowest BCUT2D eigenvalue weighted by molar-refractivity contribution is 0.101. The highest BCUT2D eigenvalue weighted by atomic mass is 79.9. The molecular weight excluding hydrogens is 268 g/mol. The average molecular weight is 295 g/mol. The lowest BCUT2D eigenvalue weighted by atomic mass is 10.2. The molecule has 0 saturated carbocycles. The van der Waals surface area contributed by atoms with Crippen molar-refractivity contribution in [3.8, 4) is 0 Å². The Labute approximate surface area is 109 Å². The summed E-state index contributed by atoms with van der Waals surface area (Å²) < 4.78 is 10.9. The highest BCUT2D eigenvalue weighted by Gasteiger charge is 1.92. The molecule has 98 valence electrons. The third kappa shape index (κ3) is 14.4. The van der Waals surface area contributed by atoms with E-state index in [2.05, 4.69) is 22.9 Å². The number of rotatable bonds is 13. The molecule has 0 spiro atoms. The second-order valence-electron chi connectivity index (χ2n) is 4.04. The number of hydrogen-bond donors (Lipinski definition) is 0. The fraction of sp³-hybridized carbons (Fsp3) is 1.00. The molecule has 3 heteroatoms. The van der Waals surface area contributed by atoms with Crippen LogP contribution in [0.4, 0.5) is 0 Å². The topological polar surface area (TPSA) is 18.5 Å². The summed E-state index contributed by atoms with van der Waals surface area (Å²) in [6.07, 6.45) is 8.48. The van der Waals surface area contributed by atoms with Crippen molar-refractivity contribution in [3.05, 3.63) is 0 Å². The van der Waals surface area contributed by atoms with Gasteiger partial charge in [-0.15, -0.1) is 0 Å². The number of unbranched alkanes of at least 4 members (excludes halogenated alkanes) is 4. The Morgan fingerprint density at radius 3 is 1.75 bits per heavy atom. The maximum absolute atomic E-state index is 5.55. The van der Waals surface area contributed by atoms with Crippen LogP contribution in [0.5, 0.6) is 0 Å². The van der Waals surface area contributed by atoms with E-state index in [1.54, 1.807) is 0 Å². The fourth-order valence-corrected chi connectivity index (χ4v) is 1.81. The van der Waals surface area contributed by atoms with E-state index in [1.165, 1.54) is 25.7 Å². The highest BCUT2D eigenvalue weighted by Crippen LogP contribution is 2.02. The predicted molar refractivity (Wildman–Crippen MR) is 73.4 cm³/mol. The van der Waals surface area contributed by atoms with E-state index in [4.69, 9.17) is 9.47 Å². The standard InChI is InChI=1S/C13H27BrO2/c1-2-10-15-12-7-8-13-16-11-6-4-3-5-9-14/h2-13H2,1H3. The lowest BCUT2D eigenvalue weighted by Crippen LogP contribution is -2.00. The maximum Gasteiger partial charge on any atom is 0.0466 e. The molecule has 0 N–H and O–H groups in total. The summed E-state index contributed by atoms with van der Waals surface area (Å²) in [5.74, 6) is 0. The number of alkyl halides is 1. The summed E-state index contributed by atoms with van der Waals surface area (Å²) in [5, 5.41) is 1.13. The fourth-order valence-electron chi connectivity index (χ4n) is 1.41. The molecule has 0 amide bonds. The van der Waals surface area contributed by atoms with E-state index in [9.17, 15) is 0 Å². The maximum atomic E-state index is 5.55. The Morgan fingerprint density at radius 2 is 1.19 bits per heavy atom. The van der Waals surface area contributed by atoms with Crippen LogP contribution < -0.4 is 0 Å². The summed E-state index contributed by atoms with van der Waals surface area (Å²) in [6.45, 7) is 5.75. The van der Waals surface area contributed by atoms with Gasteiger partial charge in [-0.1, -0.05) is 35.7 Å². The van der Waals surface area contributed by atoms with E-state index in [1.807, 2.05) is 0 Å². The summed E-state index contributed by atoms with van der Waals surface area (Å²) in [7, 11) is 0. The second-order valence-corrected chi connectivity index (χ2v) is 4.83. The number of halogens is 1. The van der Waals surface area contributed by atoms with Crippen molar-refractivity contribution in [2.24, 2.45) is 0 Å². The minimum absolute atomic E-state index is 0.891. The smallest absolute Gasteiger partial charge is 0.0466 e. The number of hydrogen-bond acceptors (Lipinski definition) is 2. The molecule has 0 aromatic heterocycles. The van der Waals surface area contributed by atoms with Gasteiger partial charge in [-0.25, -0.2) is 0 Å². The van der Waals surface area contributed by atoms with Gasteiger partial charge in [0.05, 0.1) is 0 Å². The molecule has 0 atom stereocenters. The van der Waals surface area contributed by atoms with E-state index < -0.39 is 0 Å². The molecule has 0 bridgehead atoms. The van der Waals surface area contributed by atoms with Gasteiger partial charge >= 0.3 is 0 Å². The second kappa shape index (κ2) is 15.4. The molecule has 0 heterocycles. The van der Waals surface area contributed by atoms with Gasteiger partial charge in [0, 0.05) is 31.8 Å². The average Bonchev–Trinajstić information content (AvgIpc) is 2.31. The van der Waals surface area contributed by atoms with Crippen molar-refractivity contribution in [2.45, 2.75) is 51.9 Å². The molecule has 0 radical (unpaired) electrons. The van der Waals surface area contributed by atoms with Crippen molar-refractivity contribution in [1.29, 1.82) is 0 Å². The zero-order valence-corrected chi connectivity index (χ0v) is 12.3. The van der Waals surface area contributed by atoms with Gasteiger partial charge in [0.1, 0.15) is 0 Å². The summed E-state index contributed by atoms with van der Waals surface area (Å²) in [4.78, 5) is 0. The molecule has 0 aliphatic carbocycles. The molecule has 0 aliphatic rings. The predicted octanol–water partition coefficient (Wildman–Crippen LogP) is 4.17. The van der Waals surface area contributed by atoms with Crippen LogP contribution in [0.3, 0.4) is 0 Å². The van der Waals surface area contributed by atoms with Crippen molar-refractivity contribution < 1.29 is 9.47 Å². The zero-order chi connectivity index (χ0) is 11.9. The lowest BCUT2D eigenvalue weighted by Gasteiger charge is -2.04. The van der Waals surface area contributed by atoms with Gasteiger partial charge < -0.3 is 9.47 Å². The van der Waals surface area contributed by atoms with Gasteiger partial charge in [-0.2, -0.15) is 0 Å². The Kier molecular flexibility index (Phi) is 15.8. The Balaban J connectivity index is 2.83. The van der Waals surface area contributed by atoms with Crippen LogP contribution in [0.15, 0.2) is 0 Å². The van der Waals surface area contributed by atoms with E-state index in [-0.39, 0.29) is 0 Å². The molecule has 0 unspecified atom stereocenters. The molecule has 0 saturated heterocycles. The van der Waals surface area contributed by atoms with Crippen LogP contribution in [-0.2, 0) is 9.47 Å². The van der Waals surface area contributed by atoms with Crippen LogP contribution in [-0.4, -0.2) is 31.8 Å². The number of ether oxygens (including phenoxy) is 2. The largest absolute Gasteiger partial charge is 0.381 e. The summed E-state index contributed by atoms with van der Waals surface area (Å²) >= 11 is 3.44. The minimum atomic E-state index is 0.891. The first-order valence-corrected chi connectivity index (χ1v) is 7.75. The monoisotopic (exact) mass is 294 g/mol. The molecular formula is C13H27BrO2. The molecule has 2 nitrogen and oxygen atoms in total. The summed E-state index contributed by atoms with van der Waals surface area (Å²) in [5.41, 5.74) is 0. The van der Waals surface area contributed by atoms with Crippen LogP contribution >= 0.6 is 15.9 Å². The molecule has 0 aliphatic heterocycles. The quantitative estimate of drug-likeness (QED) is 0.375. The van der Waals surface area contributed by atoms with Gasteiger partial charge in [0.2, 0.25) is 0 Å². The van der Waals surface area contributed by atoms with Gasteiger partial charge in [0.15, 0.2) is 0 Å².